The molecule has 15 heavy (non-hydrogen) atoms. The Kier molecular flexibility index (Phi) is 3.68. The van der Waals surface area contributed by atoms with E-state index in [2.05, 4.69) is 18.7 Å². The number of nitrogens with two attached hydrogens (primary N) is 1. The first kappa shape index (κ1) is 11.4. The first-order chi connectivity index (χ1) is 7.20. The predicted molar refractivity (Wildman–Crippen MR) is 64.7 cm³/mol. The monoisotopic (exact) mass is 210 g/mol. The largest absolute Gasteiger partial charge is 0.326 e. The van der Waals surface area contributed by atoms with E-state index in [1.54, 1.807) is 0 Å². The van der Waals surface area contributed by atoms with Crippen molar-refractivity contribution in [3.05, 3.63) is 0 Å². The lowest BCUT2D eigenvalue weighted by molar-refractivity contribution is 0.158. The van der Waals surface area contributed by atoms with Crippen molar-refractivity contribution < 1.29 is 0 Å². The molecule has 0 spiro atoms. The second-order valence-electron chi connectivity index (χ2n) is 5.68. The summed E-state index contributed by atoms with van der Waals surface area (Å²) in [4.78, 5) is 2.65. The van der Waals surface area contributed by atoms with Crippen LogP contribution in [0.1, 0.15) is 46.0 Å². The van der Waals surface area contributed by atoms with Crippen LogP contribution in [0.5, 0.6) is 0 Å². The van der Waals surface area contributed by atoms with Gasteiger partial charge in [-0.15, -0.1) is 0 Å². The van der Waals surface area contributed by atoms with Crippen LogP contribution in [-0.2, 0) is 0 Å². The van der Waals surface area contributed by atoms with Gasteiger partial charge in [0.15, 0.2) is 0 Å². The van der Waals surface area contributed by atoms with E-state index >= 15 is 0 Å². The molecule has 88 valence electrons. The van der Waals surface area contributed by atoms with Gasteiger partial charge < -0.3 is 5.73 Å². The molecule has 1 heterocycles. The van der Waals surface area contributed by atoms with Gasteiger partial charge in [-0.3, -0.25) is 4.90 Å². The summed E-state index contributed by atoms with van der Waals surface area (Å²) in [6.45, 7) is 7.01. The van der Waals surface area contributed by atoms with E-state index in [4.69, 9.17) is 5.73 Å². The van der Waals surface area contributed by atoms with E-state index in [9.17, 15) is 0 Å². The van der Waals surface area contributed by atoms with Gasteiger partial charge >= 0.3 is 0 Å². The van der Waals surface area contributed by atoms with Crippen molar-refractivity contribution >= 4 is 0 Å². The molecule has 0 aromatic carbocycles. The molecule has 1 aliphatic heterocycles. The highest BCUT2D eigenvalue weighted by atomic mass is 15.2. The van der Waals surface area contributed by atoms with Crippen LogP contribution < -0.4 is 5.73 Å². The van der Waals surface area contributed by atoms with Gasteiger partial charge in [-0.05, 0) is 37.5 Å². The maximum Gasteiger partial charge on any atom is 0.0206 e. The van der Waals surface area contributed by atoms with Gasteiger partial charge in [0.1, 0.15) is 0 Å². The Labute approximate surface area is 94.2 Å². The molecule has 0 aromatic heterocycles. The smallest absolute Gasteiger partial charge is 0.0206 e. The zero-order chi connectivity index (χ0) is 10.8. The van der Waals surface area contributed by atoms with Crippen LogP contribution in [0, 0.1) is 11.8 Å². The fourth-order valence-corrected chi connectivity index (χ4v) is 3.25. The van der Waals surface area contributed by atoms with Crippen LogP contribution in [-0.4, -0.2) is 30.1 Å². The molecule has 0 bridgehead atoms. The Hall–Kier alpha value is -0.0800. The van der Waals surface area contributed by atoms with Gasteiger partial charge in [-0.25, -0.2) is 0 Å². The minimum absolute atomic E-state index is 0.425. The molecule has 1 saturated carbocycles. The van der Waals surface area contributed by atoms with Crippen molar-refractivity contribution in [2.24, 2.45) is 17.6 Å². The molecule has 2 atom stereocenters. The lowest BCUT2D eigenvalue weighted by Gasteiger charge is -2.34. The average molecular weight is 210 g/mol. The molecule has 2 N–H and O–H groups in total. The molecule has 0 aromatic rings. The van der Waals surface area contributed by atoms with Crippen molar-refractivity contribution in [2.45, 2.75) is 58.0 Å². The average Bonchev–Trinajstić information content (AvgIpc) is 2.59. The lowest BCUT2D eigenvalue weighted by Crippen LogP contribution is -2.38. The minimum atomic E-state index is 0.425. The standard InChI is InChI=1S/C13H26N2/c1-3-11-4-6-12(7-5-11)15-8-10(2)13(14)9-15/h10-13H,3-9,14H2,1-2H3. The Morgan fingerprint density at radius 3 is 2.27 bits per heavy atom. The zero-order valence-electron chi connectivity index (χ0n) is 10.3. The molecule has 2 rings (SSSR count). The number of nitrogens with zero attached hydrogens (tertiary/aromatic N) is 1. The summed E-state index contributed by atoms with van der Waals surface area (Å²) in [7, 11) is 0. The zero-order valence-corrected chi connectivity index (χ0v) is 10.3. The molecule has 1 aliphatic carbocycles. The SMILES string of the molecule is CCC1CCC(N2CC(C)C(N)C2)CC1. The first-order valence-electron chi connectivity index (χ1n) is 6.70. The highest BCUT2D eigenvalue weighted by Crippen LogP contribution is 2.31. The van der Waals surface area contributed by atoms with Crippen molar-refractivity contribution in [1.82, 2.24) is 4.90 Å². The highest BCUT2D eigenvalue weighted by Gasteiger charge is 2.33. The summed E-state index contributed by atoms with van der Waals surface area (Å²) in [5, 5.41) is 0. The van der Waals surface area contributed by atoms with Crippen LogP contribution in [0.25, 0.3) is 0 Å². The lowest BCUT2D eigenvalue weighted by atomic mass is 9.84. The van der Waals surface area contributed by atoms with E-state index in [1.807, 2.05) is 0 Å². The van der Waals surface area contributed by atoms with Gasteiger partial charge in [0, 0.05) is 25.2 Å². The van der Waals surface area contributed by atoms with Crippen LogP contribution in [0.15, 0.2) is 0 Å². The van der Waals surface area contributed by atoms with Crippen molar-refractivity contribution in [2.75, 3.05) is 13.1 Å². The molecule has 1 saturated heterocycles. The molecule has 0 radical (unpaired) electrons. The van der Waals surface area contributed by atoms with Crippen LogP contribution in [0.2, 0.25) is 0 Å². The molecule has 2 aliphatic rings. The second kappa shape index (κ2) is 4.84. The summed E-state index contributed by atoms with van der Waals surface area (Å²) in [6.07, 6.45) is 7.10. The molecule has 2 nitrogen and oxygen atoms in total. The third-order valence-corrected chi connectivity index (χ3v) is 4.61. The maximum atomic E-state index is 6.09. The van der Waals surface area contributed by atoms with Crippen LogP contribution >= 0.6 is 0 Å². The first-order valence-corrected chi connectivity index (χ1v) is 6.70. The minimum Gasteiger partial charge on any atom is -0.326 e. The highest BCUT2D eigenvalue weighted by molar-refractivity contribution is 4.89. The van der Waals surface area contributed by atoms with E-state index in [0.29, 0.717) is 12.0 Å². The van der Waals surface area contributed by atoms with Crippen molar-refractivity contribution in [3.63, 3.8) is 0 Å². The Balaban J connectivity index is 1.81. The Bertz CT molecular complexity index is 187. The van der Waals surface area contributed by atoms with Gasteiger partial charge in [0.25, 0.3) is 0 Å². The molecule has 2 unspecified atom stereocenters. The van der Waals surface area contributed by atoms with E-state index in [-0.39, 0.29) is 0 Å². The van der Waals surface area contributed by atoms with Gasteiger partial charge in [-0.2, -0.15) is 0 Å². The van der Waals surface area contributed by atoms with E-state index in [1.165, 1.54) is 38.6 Å². The van der Waals surface area contributed by atoms with Gasteiger partial charge in [0.2, 0.25) is 0 Å². The molecular formula is C13H26N2. The summed E-state index contributed by atoms with van der Waals surface area (Å²) in [6, 6.07) is 1.28. The number of likely N-dealkylation sites (tertiary alicyclic amines) is 1. The van der Waals surface area contributed by atoms with Crippen molar-refractivity contribution in [1.29, 1.82) is 0 Å². The second-order valence-corrected chi connectivity index (χ2v) is 5.68. The summed E-state index contributed by atoms with van der Waals surface area (Å²) in [5.74, 6) is 1.71. The molecular weight excluding hydrogens is 184 g/mol. The molecule has 0 amide bonds. The van der Waals surface area contributed by atoms with Gasteiger partial charge in [-0.1, -0.05) is 20.3 Å². The van der Waals surface area contributed by atoms with E-state index < -0.39 is 0 Å². The fraction of sp³-hybridized carbons (Fsp3) is 1.00. The summed E-state index contributed by atoms with van der Waals surface area (Å²) >= 11 is 0. The fourth-order valence-electron chi connectivity index (χ4n) is 3.25. The van der Waals surface area contributed by atoms with Gasteiger partial charge in [0.05, 0.1) is 0 Å². The summed E-state index contributed by atoms with van der Waals surface area (Å²) in [5.41, 5.74) is 6.09. The molecule has 2 heteroatoms. The van der Waals surface area contributed by atoms with Crippen LogP contribution in [0.3, 0.4) is 0 Å². The number of hydrogen-bond acceptors (Lipinski definition) is 2. The third-order valence-electron chi connectivity index (χ3n) is 4.61. The topological polar surface area (TPSA) is 29.3 Å². The molecule has 2 fully saturated rings. The quantitative estimate of drug-likeness (QED) is 0.757. The Morgan fingerprint density at radius 1 is 1.13 bits per heavy atom. The maximum absolute atomic E-state index is 6.09. The number of hydrogen-bond donors (Lipinski definition) is 1. The van der Waals surface area contributed by atoms with Crippen LogP contribution in [0.4, 0.5) is 0 Å². The van der Waals surface area contributed by atoms with Crippen molar-refractivity contribution in [3.8, 4) is 0 Å². The van der Waals surface area contributed by atoms with E-state index in [0.717, 1.165) is 18.5 Å². The number of rotatable bonds is 2. The summed E-state index contributed by atoms with van der Waals surface area (Å²) < 4.78 is 0. The Morgan fingerprint density at radius 2 is 1.80 bits per heavy atom. The normalized spacial score (nSPS) is 43.4. The third kappa shape index (κ3) is 2.54. The predicted octanol–water partition coefficient (Wildman–Crippen LogP) is 2.23.